The number of nitrogens with zero attached hydrogens (tertiary/aromatic N) is 1. The molecule has 2 amide bonds. The number of carbonyl (C=O) groups is 2. The van der Waals surface area contributed by atoms with Crippen LogP contribution in [0.15, 0.2) is 23.1 Å². The molecule has 0 radical (unpaired) electrons. The normalized spacial score (nSPS) is 29.5. The first kappa shape index (κ1) is 16.0. The molecule has 2 saturated heterocycles. The number of hydrogen-bond acceptors (Lipinski definition) is 4. The standard InChI is InChI=1S/C18H23N3O2S/c1-11-17(22)20-15-8-12(2-3-16(15)24-11)18(23)21-6-4-13-9-19-10-14(13)5-7-21/h2-3,8,11,13-14,19H,4-7,9-10H2,1H3,(H,20,22)/t11?,13-,14+. The van der Waals surface area contributed by atoms with E-state index >= 15 is 0 Å². The predicted octanol–water partition coefficient (Wildman–Crippen LogP) is 2.19. The van der Waals surface area contributed by atoms with Crippen LogP contribution in [0, 0.1) is 11.8 Å². The molecule has 3 aliphatic rings. The molecule has 1 aromatic rings. The van der Waals surface area contributed by atoms with Gasteiger partial charge < -0.3 is 15.5 Å². The van der Waals surface area contributed by atoms with Crippen LogP contribution in [0.1, 0.15) is 30.1 Å². The van der Waals surface area contributed by atoms with E-state index in [2.05, 4.69) is 10.6 Å². The summed E-state index contributed by atoms with van der Waals surface area (Å²) in [6.07, 6.45) is 2.16. The SMILES string of the molecule is CC1Sc2ccc(C(=O)N3CC[C@@H]4CNC[C@@H]4CC3)cc2NC1=O. The van der Waals surface area contributed by atoms with Gasteiger partial charge in [-0.25, -0.2) is 0 Å². The third-order valence-electron chi connectivity index (χ3n) is 5.46. The lowest BCUT2D eigenvalue weighted by atomic mass is 9.92. The maximum atomic E-state index is 12.9. The van der Waals surface area contributed by atoms with Gasteiger partial charge in [0, 0.05) is 23.5 Å². The number of hydrogen-bond donors (Lipinski definition) is 2. The number of amides is 2. The lowest BCUT2D eigenvalue weighted by Gasteiger charge is -2.24. The minimum absolute atomic E-state index is 0.00666. The van der Waals surface area contributed by atoms with Crippen molar-refractivity contribution in [2.75, 3.05) is 31.5 Å². The number of benzene rings is 1. The van der Waals surface area contributed by atoms with E-state index in [0.717, 1.165) is 49.6 Å². The maximum Gasteiger partial charge on any atom is 0.253 e. The van der Waals surface area contributed by atoms with E-state index in [0.29, 0.717) is 17.4 Å². The Morgan fingerprint density at radius 3 is 2.62 bits per heavy atom. The summed E-state index contributed by atoms with van der Waals surface area (Å²) in [5.74, 6) is 1.52. The molecule has 2 N–H and O–H groups in total. The van der Waals surface area contributed by atoms with Crippen LogP contribution in [-0.4, -0.2) is 48.1 Å². The number of anilines is 1. The van der Waals surface area contributed by atoms with E-state index in [1.807, 2.05) is 30.0 Å². The van der Waals surface area contributed by atoms with Crippen molar-refractivity contribution in [2.45, 2.75) is 29.9 Å². The van der Waals surface area contributed by atoms with Crippen LogP contribution in [0.4, 0.5) is 5.69 Å². The summed E-state index contributed by atoms with van der Waals surface area (Å²) < 4.78 is 0. The highest BCUT2D eigenvalue weighted by Crippen LogP contribution is 2.36. The monoisotopic (exact) mass is 345 g/mol. The van der Waals surface area contributed by atoms with E-state index in [-0.39, 0.29) is 17.1 Å². The third-order valence-corrected chi connectivity index (χ3v) is 6.64. The van der Waals surface area contributed by atoms with Crippen molar-refractivity contribution < 1.29 is 9.59 Å². The number of thioether (sulfide) groups is 1. The molecule has 128 valence electrons. The lowest BCUT2D eigenvalue weighted by Crippen LogP contribution is -2.33. The zero-order valence-electron chi connectivity index (χ0n) is 13.9. The molecule has 6 heteroatoms. The minimum atomic E-state index is -0.0855. The van der Waals surface area contributed by atoms with E-state index in [1.165, 1.54) is 0 Å². The molecule has 0 saturated carbocycles. The van der Waals surface area contributed by atoms with Crippen LogP contribution < -0.4 is 10.6 Å². The molecular formula is C18H23N3O2S. The fourth-order valence-electron chi connectivity index (χ4n) is 3.95. The molecule has 1 aromatic carbocycles. The van der Waals surface area contributed by atoms with Crippen LogP contribution >= 0.6 is 11.8 Å². The van der Waals surface area contributed by atoms with Crippen LogP contribution in [0.2, 0.25) is 0 Å². The fraction of sp³-hybridized carbons (Fsp3) is 0.556. The predicted molar refractivity (Wildman–Crippen MR) is 95.4 cm³/mol. The number of carbonyl (C=O) groups excluding carboxylic acids is 2. The zero-order chi connectivity index (χ0) is 16.7. The molecule has 5 nitrogen and oxygen atoms in total. The first-order valence-corrected chi connectivity index (χ1v) is 9.61. The first-order valence-electron chi connectivity index (χ1n) is 8.73. The maximum absolute atomic E-state index is 12.9. The average Bonchev–Trinajstić information content (AvgIpc) is 2.93. The second-order valence-electron chi connectivity index (χ2n) is 7.01. The van der Waals surface area contributed by atoms with Crippen molar-refractivity contribution in [1.82, 2.24) is 10.2 Å². The zero-order valence-corrected chi connectivity index (χ0v) is 14.7. The van der Waals surface area contributed by atoms with Gasteiger partial charge in [-0.1, -0.05) is 0 Å². The summed E-state index contributed by atoms with van der Waals surface area (Å²) in [5.41, 5.74) is 1.44. The van der Waals surface area contributed by atoms with Crippen molar-refractivity contribution in [1.29, 1.82) is 0 Å². The molecular weight excluding hydrogens is 322 g/mol. The van der Waals surface area contributed by atoms with Gasteiger partial charge in [0.2, 0.25) is 5.91 Å². The Bertz CT molecular complexity index is 664. The van der Waals surface area contributed by atoms with Crippen molar-refractivity contribution in [3.63, 3.8) is 0 Å². The van der Waals surface area contributed by atoms with Gasteiger partial charge >= 0.3 is 0 Å². The second-order valence-corrected chi connectivity index (χ2v) is 8.39. The number of rotatable bonds is 1. The van der Waals surface area contributed by atoms with Crippen molar-refractivity contribution in [3.05, 3.63) is 23.8 Å². The molecule has 0 spiro atoms. The highest BCUT2D eigenvalue weighted by molar-refractivity contribution is 8.00. The molecule has 0 bridgehead atoms. The molecule has 0 aromatic heterocycles. The Kier molecular flexibility index (Phi) is 4.26. The molecule has 24 heavy (non-hydrogen) atoms. The van der Waals surface area contributed by atoms with E-state index < -0.39 is 0 Å². The summed E-state index contributed by atoms with van der Waals surface area (Å²) in [7, 11) is 0. The average molecular weight is 345 g/mol. The Morgan fingerprint density at radius 2 is 1.92 bits per heavy atom. The van der Waals surface area contributed by atoms with Gasteiger partial charge in [-0.15, -0.1) is 11.8 Å². The fourth-order valence-corrected chi connectivity index (χ4v) is 4.88. The van der Waals surface area contributed by atoms with Gasteiger partial charge in [-0.3, -0.25) is 9.59 Å². The van der Waals surface area contributed by atoms with Gasteiger partial charge in [-0.2, -0.15) is 0 Å². The summed E-state index contributed by atoms with van der Waals surface area (Å²) >= 11 is 1.55. The van der Waals surface area contributed by atoms with Gasteiger partial charge in [0.05, 0.1) is 10.9 Å². The van der Waals surface area contributed by atoms with Crippen LogP contribution in [0.3, 0.4) is 0 Å². The van der Waals surface area contributed by atoms with Crippen molar-refractivity contribution in [2.24, 2.45) is 11.8 Å². The second kappa shape index (κ2) is 6.41. The molecule has 3 heterocycles. The van der Waals surface area contributed by atoms with Crippen molar-refractivity contribution in [3.8, 4) is 0 Å². The quantitative estimate of drug-likeness (QED) is 0.819. The summed E-state index contributed by atoms with van der Waals surface area (Å²) in [4.78, 5) is 27.8. The smallest absolute Gasteiger partial charge is 0.253 e. The van der Waals surface area contributed by atoms with Crippen LogP contribution in [0.25, 0.3) is 0 Å². The molecule has 0 aliphatic carbocycles. The summed E-state index contributed by atoms with van der Waals surface area (Å²) in [6, 6.07) is 5.69. The van der Waals surface area contributed by atoms with Crippen LogP contribution in [0.5, 0.6) is 0 Å². The summed E-state index contributed by atoms with van der Waals surface area (Å²) in [5, 5.41) is 6.29. The lowest BCUT2D eigenvalue weighted by molar-refractivity contribution is -0.115. The van der Waals surface area contributed by atoms with Gasteiger partial charge in [0.1, 0.15) is 0 Å². The van der Waals surface area contributed by atoms with E-state index in [1.54, 1.807) is 11.8 Å². The molecule has 2 fully saturated rings. The van der Waals surface area contributed by atoms with E-state index in [4.69, 9.17) is 0 Å². The Balaban J connectivity index is 1.50. The van der Waals surface area contributed by atoms with Crippen LogP contribution in [-0.2, 0) is 4.79 Å². The van der Waals surface area contributed by atoms with Crippen molar-refractivity contribution >= 4 is 29.3 Å². The Morgan fingerprint density at radius 1 is 1.21 bits per heavy atom. The summed E-state index contributed by atoms with van der Waals surface area (Å²) in [6.45, 7) is 5.73. The van der Waals surface area contributed by atoms with Gasteiger partial charge in [-0.05, 0) is 62.9 Å². The Hall–Kier alpha value is -1.53. The number of fused-ring (bicyclic) bond motifs is 2. The molecule has 4 rings (SSSR count). The highest BCUT2D eigenvalue weighted by Gasteiger charge is 2.32. The van der Waals surface area contributed by atoms with Gasteiger partial charge in [0.15, 0.2) is 0 Å². The first-order chi connectivity index (χ1) is 11.6. The largest absolute Gasteiger partial charge is 0.339 e. The molecule has 3 aliphatic heterocycles. The number of nitrogens with one attached hydrogen (secondary N) is 2. The third kappa shape index (κ3) is 2.93. The highest BCUT2D eigenvalue weighted by atomic mass is 32.2. The van der Waals surface area contributed by atoms with E-state index in [9.17, 15) is 9.59 Å². The molecule has 3 atom stereocenters. The number of likely N-dealkylation sites (tertiary alicyclic amines) is 1. The molecule has 1 unspecified atom stereocenters. The van der Waals surface area contributed by atoms with Gasteiger partial charge in [0.25, 0.3) is 5.91 Å². The topological polar surface area (TPSA) is 61.4 Å². The Labute approximate surface area is 146 Å². The minimum Gasteiger partial charge on any atom is -0.339 e.